The highest BCUT2D eigenvalue weighted by molar-refractivity contribution is 5.61. The van der Waals surface area contributed by atoms with E-state index in [-0.39, 0.29) is 5.82 Å². The number of aliphatic imine (C=N–C) groups is 1. The molecule has 134 valence electrons. The van der Waals surface area contributed by atoms with Crippen LogP contribution in [0.25, 0.3) is 17.3 Å². The van der Waals surface area contributed by atoms with Crippen LogP contribution in [0.2, 0.25) is 0 Å². The Morgan fingerprint density at radius 1 is 1.27 bits per heavy atom. The number of imidazole rings is 1. The number of nitro groups is 1. The van der Waals surface area contributed by atoms with Gasteiger partial charge in [-0.25, -0.2) is 14.5 Å². The highest BCUT2D eigenvalue weighted by Gasteiger charge is 2.23. The summed E-state index contributed by atoms with van der Waals surface area (Å²) in [6, 6.07) is 3.46. The lowest BCUT2D eigenvalue weighted by Crippen LogP contribution is -2.35. The molecular formula is C14H15N9O3. The number of fused-ring (bicyclic) bond motifs is 1. The van der Waals surface area contributed by atoms with Crippen molar-refractivity contribution in [2.24, 2.45) is 12.0 Å². The summed E-state index contributed by atoms with van der Waals surface area (Å²) in [4.78, 5) is 21.0. The van der Waals surface area contributed by atoms with Gasteiger partial charge >= 0.3 is 5.82 Å². The highest BCUT2D eigenvalue weighted by atomic mass is 16.6. The summed E-state index contributed by atoms with van der Waals surface area (Å²) in [5.41, 5.74) is 0.496. The molecule has 0 aromatic carbocycles. The van der Waals surface area contributed by atoms with Crippen molar-refractivity contribution in [1.82, 2.24) is 34.3 Å². The molecule has 4 heterocycles. The summed E-state index contributed by atoms with van der Waals surface area (Å²) in [5.74, 6) is 0.928. The Kier molecular flexibility index (Phi) is 4.01. The van der Waals surface area contributed by atoms with Gasteiger partial charge in [-0.2, -0.15) is 4.52 Å². The van der Waals surface area contributed by atoms with Crippen LogP contribution in [-0.2, 0) is 11.8 Å². The van der Waals surface area contributed by atoms with Gasteiger partial charge in [0, 0.05) is 13.1 Å². The molecule has 0 N–H and O–H groups in total. The van der Waals surface area contributed by atoms with Crippen molar-refractivity contribution < 1.29 is 9.66 Å². The van der Waals surface area contributed by atoms with Crippen molar-refractivity contribution >= 4 is 23.6 Å². The fourth-order valence-electron chi connectivity index (χ4n) is 2.60. The average Bonchev–Trinajstić information content (AvgIpc) is 3.23. The van der Waals surface area contributed by atoms with Gasteiger partial charge in [0.2, 0.25) is 5.82 Å². The van der Waals surface area contributed by atoms with Crippen molar-refractivity contribution in [3.8, 4) is 11.6 Å². The van der Waals surface area contributed by atoms with Crippen LogP contribution < -0.4 is 0 Å². The van der Waals surface area contributed by atoms with E-state index in [1.165, 1.54) is 15.3 Å². The highest BCUT2D eigenvalue weighted by Crippen LogP contribution is 2.21. The Balaban J connectivity index is 1.69. The molecule has 1 aliphatic rings. The van der Waals surface area contributed by atoms with Gasteiger partial charge in [0.15, 0.2) is 11.5 Å². The topological polar surface area (TPSA) is 129 Å². The lowest BCUT2D eigenvalue weighted by atomic mass is 10.4. The zero-order chi connectivity index (χ0) is 18.1. The SMILES string of the molecule is Cn1c([N+](=O)[O-])cnc1-c1nnc2ccc(N=CN3CCOCC3)nn12. The van der Waals surface area contributed by atoms with E-state index in [4.69, 9.17) is 4.74 Å². The molecule has 12 nitrogen and oxygen atoms in total. The molecule has 3 aromatic rings. The summed E-state index contributed by atoms with van der Waals surface area (Å²) in [6.45, 7) is 2.90. The molecule has 0 bridgehead atoms. The fourth-order valence-corrected chi connectivity index (χ4v) is 2.60. The first-order chi connectivity index (χ1) is 12.6. The second-order valence-corrected chi connectivity index (χ2v) is 5.63. The summed E-state index contributed by atoms with van der Waals surface area (Å²) >= 11 is 0. The van der Waals surface area contributed by atoms with Crippen molar-refractivity contribution in [3.05, 3.63) is 28.4 Å². The maximum atomic E-state index is 11.0. The van der Waals surface area contributed by atoms with E-state index < -0.39 is 4.92 Å². The number of nitrogens with zero attached hydrogens (tertiary/aromatic N) is 9. The minimum atomic E-state index is -0.509. The van der Waals surface area contributed by atoms with Crippen LogP contribution >= 0.6 is 0 Å². The van der Waals surface area contributed by atoms with E-state index >= 15 is 0 Å². The average molecular weight is 357 g/mol. The van der Waals surface area contributed by atoms with Gasteiger partial charge in [-0.3, -0.25) is 0 Å². The number of hydrogen-bond donors (Lipinski definition) is 0. The molecule has 0 spiro atoms. The Morgan fingerprint density at radius 2 is 2.08 bits per heavy atom. The molecule has 1 fully saturated rings. The number of hydrogen-bond acceptors (Lipinski definition) is 8. The van der Waals surface area contributed by atoms with E-state index in [0.29, 0.717) is 36.3 Å². The molecule has 26 heavy (non-hydrogen) atoms. The predicted octanol–water partition coefficient (Wildman–Crippen LogP) is 0.425. The molecule has 0 amide bonds. The second kappa shape index (κ2) is 6.48. The van der Waals surface area contributed by atoms with Crippen molar-refractivity contribution in [3.63, 3.8) is 0 Å². The maximum Gasteiger partial charge on any atom is 0.343 e. The Labute approximate surface area is 146 Å². The Hall–Kier alpha value is -3.41. The second-order valence-electron chi connectivity index (χ2n) is 5.63. The molecule has 0 radical (unpaired) electrons. The molecule has 1 aliphatic heterocycles. The van der Waals surface area contributed by atoms with Crippen LogP contribution in [0.5, 0.6) is 0 Å². The van der Waals surface area contributed by atoms with Crippen LogP contribution in [0.15, 0.2) is 23.3 Å². The molecule has 12 heteroatoms. The van der Waals surface area contributed by atoms with E-state index in [2.05, 4.69) is 25.3 Å². The minimum absolute atomic E-state index is 0.141. The molecule has 0 aliphatic carbocycles. The van der Waals surface area contributed by atoms with Gasteiger partial charge in [0.1, 0.15) is 6.20 Å². The van der Waals surface area contributed by atoms with Crippen molar-refractivity contribution in [2.75, 3.05) is 26.3 Å². The van der Waals surface area contributed by atoms with Gasteiger partial charge in [0.05, 0.1) is 26.6 Å². The van der Waals surface area contributed by atoms with Crippen LogP contribution in [0.4, 0.5) is 11.6 Å². The summed E-state index contributed by atoms with van der Waals surface area (Å²) in [7, 11) is 1.54. The largest absolute Gasteiger partial charge is 0.378 e. The van der Waals surface area contributed by atoms with Gasteiger partial charge in [-0.1, -0.05) is 0 Å². The van der Waals surface area contributed by atoms with Crippen LogP contribution in [0.3, 0.4) is 0 Å². The molecule has 3 aromatic heterocycles. The zero-order valence-corrected chi connectivity index (χ0v) is 13.9. The fraction of sp³-hybridized carbons (Fsp3) is 0.357. The van der Waals surface area contributed by atoms with Gasteiger partial charge in [-0.05, 0) is 17.1 Å². The lowest BCUT2D eigenvalue weighted by molar-refractivity contribution is -0.391. The molecule has 0 atom stereocenters. The number of ether oxygens (including phenoxy) is 1. The lowest BCUT2D eigenvalue weighted by Gasteiger charge is -2.23. The third-order valence-electron chi connectivity index (χ3n) is 4.00. The molecular weight excluding hydrogens is 342 g/mol. The van der Waals surface area contributed by atoms with E-state index in [1.807, 2.05) is 4.90 Å². The summed E-state index contributed by atoms with van der Waals surface area (Å²) < 4.78 is 8.10. The summed E-state index contributed by atoms with van der Waals surface area (Å²) in [5, 5.41) is 23.5. The van der Waals surface area contributed by atoms with Crippen LogP contribution in [0, 0.1) is 10.1 Å². The normalized spacial score (nSPS) is 15.2. The third kappa shape index (κ3) is 2.86. The third-order valence-corrected chi connectivity index (χ3v) is 4.00. The number of morpholine rings is 1. The molecule has 0 saturated carbocycles. The van der Waals surface area contributed by atoms with Crippen molar-refractivity contribution in [2.45, 2.75) is 0 Å². The quantitative estimate of drug-likeness (QED) is 0.284. The standard InChI is InChI=1S/C14H15N9O3/c1-20-12(23(24)25)8-15-13(20)14-18-17-11-3-2-10(19-22(11)14)16-9-21-4-6-26-7-5-21/h2-3,8-9H,4-7H2,1H3. The molecule has 0 unspecified atom stereocenters. The number of aromatic nitrogens is 6. The van der Waals surface area contributed by atoms with Gasteiger partial charge in [-0.15, -0.1) is 15.3 Å². The van der Waals surface area contributed by atoms with E-state index in [9.17, 15) is 10.1 Å². The van der Waals surface area contributed by atoms with Crippen LogP contribution in [-0.4, -0.2) is 71.8 Å². The Morgan fingerprint density at radius 3 is 2.81 bits per heavy atom. The summed E-state index contributed by atoms with van der Waals surface area (Å²) in [6.07, 6.45) is 2.91. The maximum absolute atomic E-state index is 11.0. The van der Waals surface area contributed by atoms with Crippen molar-refractivity contribution in [1.29, 1.82) is 0 Å². The number of rotatable bonds is 4. The first-order valence-corrected chi connectivity index (χ1v) is 7.88. The molecule has 4 rings (SSSR count). The first-order valence-electron chi connectivity index (χ1n) is 7.88. The zero-order valence-electron chi connectivity index (χ0n) is 13.9. The monoisotopic (exact) mass is 357 g/mol. The van der Waals surface area contributed by atoms with Crippen LogP contribution in [0.1, 0.15) is 0 Å². The Bertz CT molecular complexity index is 987. The van der Waals surface area contributed by atoms with E-state index in [0.717, 1.165) is 13.1 Å². The van der Waals surface area contributed by atoms with Gasteiger partial charge in [0.25, 0.3) is 5.82 Å². The predicted molar refractivity (Wildman–Crippen MR) is 90.2 cm³/mol. The molecule has 1 saturated heterocycles. The van der Waals surface area contributed by atoms with Gasteiger partial charge < -0.3 is 19.8 Å². The smallest absolute Gasteiger partial charge is 0.343 e. The first kappa shape index (κ1) is 16.1. The van der Waals surface area contributed by atoms with E-state index in [1.54, 1.807) is 25.5 Å². The minimum Gasteiger partial charge on any atom is -0.378 e.